The Morgan fingerprint density at radius 2 is 2.00 bits per heavy atom. The van der Waals surface area contributed by atoms with Gasteiger partial charge >= 0.3 is 6.09 Å². The summed E-state index contributed by atoms with van der Waals surface area (Å²) in [6, 6.07) is 5.34. The third-order valence-electron chi connectivity index (χ3n) is 3.12. The van der Waals surface area contributed by atoms with Gasteiger partial charge in [-0.3, -0.25) is 4.98 Å². The predicted molar refractivity (Wildman–Crippen MR) is 97.4 cm³/mol. The second-order valence-electron chi connectivity index (χ2n) is 6.42. The maximum absolute atomic E-state index is 12.0. The summed E-state index contributed by atoms with van der Waals surface area (Å²) >= 11 is 5.76. The maximum atomic E-state index is 12.0. The Kier molecular flexibility index (Phi) is 4.85. The average Bonchev–Trinajstić information content (AvgIpc) is 3.04. The zero-order valence-corrected chi connectivity index (χ0v) is 15.2. The molecule has 1 N–H and O–H groups in total. The van der Waals surface area contributed by atoms with Gasteiger partial charge in [0.25, 0.3) is 0 Å². The smallest absolute Gasteiger partial charge is 0.435 e. The van der Waals surface area contributed by atoms with E-state index in [1.807, 2.05) is 12.1 Å². The summed E-state index contributed by atoms with van der Waals surface area (Å²) in [7, 11) is 0. The summed E-state index contributed by atoms with van der Waals surface area (Å²) in [6.45, 7) is 5.40. The number of hydrogen-bond donors (Lipinski definition) is 1. The van der Waals surface area contributed by atoms with Gasteiger partial charge in [0.05, 0.1) is 23.8 Å². The Hall–Kier alpha value is -3.00. The Morgan fingerprint density at radius 1 is 1.19 bits per heavy atom. The number of ether oxygens (including phenoxy) is 1. The molecule has 0 aliphatic carbocycles. The van der Waals surface area contributed by atoms with Crippen molar-refractivity contribution < 1.29 is 9.53 Å². The minimum Gasteiger partial charge on any atom is -0.442 e. The van der Waals surface area contributed by atoms with Crippen LogP contribution in [-0.2, 0) is 4.74 Å². The van der Waals surface area contributed by atoms with Gasteiger partial charge in [-0.25, -0.2) is 14.8 Å². The van der Waals surface area contributed by atoms with Crippen molar-refractivity contribution in [3.8, 4) is 11.3 Å². The van der Waals surface area contributed by atoms with Crippen LogP contribution in [0, 0.1) is 0 Å². The fourth-order valence-corrected chi connectivity index (χ4v) is 2.20. The van der Waals surface area contributed by atoms with E-state index in [2.05, 4.69) is 25.4 Å². The van der Waals surface area contributed by atoms with Crippen LogP contribution < -0.4 is 5.32 Å². The van der Waals surface area contributed by atoms with Crippen LogP contribution >= 0.6 is 11.6 Å². The average molecular weight is 373 g/mol. The van der Waals surface area contributed by atoms with Crippen LogP contribution in [0.15, 0.2) is 43.0 Å². The monoisotopic (exact) mass is 372 g/mol. The van der Waals surface area contributed by atoms with Crippen LogP contribution in [0.25, 0.3) is 11.3 Å². The molecule has 0 aromatic carbocycles. The van der Waals surface area contributed by atoms with E-state index >= 15 is 0 Å². The number of halogens is 1. The molecule has 0 amide bonds. The third-order valence-corrected chi connectivity index (χ3v) is 3.30. The fourth-order valence-electron chi connectivity index (χ4n) is 2.05. The zero-order valence-electron chi connectivity index (χ0n) is 14.5. The van der Waals surface area contributed by atoms with Crippen LogP contribution in [0.3, 0.4) is 0 Å². The number of carbonyl (C=O) groups is 1. The van der Waals surface area contributed by atoms with Crippen molar-refractivity contribution in [1.82, 2.24) is 24.7 Å². The largest absolute Gasteiger partial charge is 0.442 e. The van der Waals surface area contributed by atoms with Crippen LogP contribution in [-0.4, -0.2) is 36.4 Å². The van der Waals surface area contributed by atoms with E-state index in [-0.39, 0.29) is 5.28 Å². The first-order valence-corrected chi connectivity index (χ1v) is 8.18. The van der Waals surface area contributed by atoms with E-state index in [1.54, 1.807) is 51.6 Å². The molecule has 9 heteroatoms. The summed E-state index contributed by atoms with van der Waals surface area (Å²) < 4.78 is 6.43. The van der Waals surface area contributed by atoms with E-state index in [4.69, 9.17) is 16.3 Å². The molecule has 3 rings (SSSR count). The van der Waals surface area contributed by atoms with Gasteiger partial charge in [-0.05, 0) is 50.6 Å². The lowest BCUT2D eigenvalue weighted by Gasteiger charge is -2.18. The van der Waals surface area contributed by atoms with Gasteiger partial charge in [-0.2, -0.15) is 9.78 Å². The number of hydrogen-bond acceptors (Lipinski definition) is 7. The number of rotatable bonds is 3. The topological polar surface area (TPSA) is 94.8 Å². The molecule has 26 heavy (non-hydrogen) atoms. The van der Waals surface area contributed by atoms with Crippen LogP contribution in [0.1, 0.15) is 20.8 Å². The summed E-state index contributed by atoms with van der Waals surface area (Å²) in [5, 5.41) is 7.27. The van der Waals surface area contributed by atoms with Crippen molar-refractivity contribution in [2.75, 3.05) is 5.32 Å². The second kappa shape index (κ2) is 7.09. The highest BCUT2D eigenvalue weighted by Gasteiger charge is 2.18. The third kappa shape index (κ3) is 4.54. The number of anilines is 2. The van der Waals surface area contributed by atoms with Crippen molar-refractivity contribution in [2.24, 2.45) is 0 Å². The van der Waals surface area contributed by atoms with Gasteiger partial charge in [0.1, 0.15) is 11.4 Å². The zero-order chi connectivity index (χ0) is 18.7. The molecule has 0 bridgehead atoms. The van der Waals surface area contributed by atoms with Gasteiger partial charge in [-0.15, -0.1) is 0 Å². The quantitative estimate of drug-likeness (QED) is 0.696. The molecule has 0 aliphatic heterocycles. The van der Waals surface area contributed by atoms with Crippen LogP contribution in [0.2, 0.25) is 5.28 Å². The fraction of sp³-hybridized carbons (Fsp3) is 0.235. The molecule has 0 saturated carbocycles. The molecular weight excluding hydrogens is 356 g/mol. The lowest BCUT2D eigenvalue weighted by Crippen LogP contribution is -2.27. The van der Waals surface area contributed by atoms with Crippen LogP contribution in [0.4, 0.5) is 16.3 Å². The minimum absolute atomic E-state index is 0.161. The number of carbonyl (C=O) groups excluding carboxylic acids is 1. The second-order valence-corrected chi connectivity index (χ2v) is 6.76. The minimum atomic E-state index is -0.585. The maximum Gasteiger partial charge on any atom is 0.435 e. The van der Waals surface area contributed by atoms with E-state index < -0.39 is 11.7 Å². The Morgan fingerprint density at radius 3 is 2.65 bits per heavy atom. The van der Waals surface area contributed by atoms with Gasteiger partial charge in [-0.1, -0.05) is 0 Å². The highest BCUT2D eigenvalue weighted by atomic mass is 35.5. The first-order chi connectivity index (χ1) is 12.3. The SMILES string of the molecule is CC(C)(C)OC(=O)n1cc(-c2ccc(Nc3ccnc(Cl)n3)cn2)cn1. The van der Waals surface area contributed by atoms with Crippen molar-refractivity contribution in [3.63, 3.8) is 0 Å². The highest BCUT2D eigenvalue weighted by molar-refractivity contribution is 6.28. The normalized spacial score (nSPS) is 11.2. The van der Waals surface area contributed by atoms with Crippen molar-refractivity contribution in [3.05, 3.63) is 48.3 Å². The molecule has 8 nitrogen and oxygen atoms in total. The van der Waals surface area contributed by atoms with Crippen molar-refractivity contribution >= 4 is 29.2 Å². The summed E-state index contributed by atoms with van der Waals surface area (Å²) in [5.74, 6) is 0.567. The standard InChI is InChI=1S/C17H17ClN6O2/c1-17(2,3)26-16(25)24-10-11(8-21-24)13-5-4-12(9-20-13)22-14-6-7-19-15(18)23-14/h4-10H,1-3H3,(H,19,22,23). The molecule has 0 radical (unpaired) electrons. The molecule has 3 aromatic heterocycles. The molecule has 0 saturated heterocycles. The van der Waals surface area contributed by atoms with Crippen LogP contribution in [0.5, 0.6) is 0 Å². The molecule has 0 atom stereocenters. The van der Waals surface area contributed by atoms with E-state index in [9.17, 15) is 4.79 Å². The molecule has 0 fully saturated rings. The summed E-state index contributed by atoms with van der Waals surface area (Å²) in [6.07, 6.45) is 5.81. The first-order valence-electron chi connectivity index (χ1n) is 7.80. The lowest BCUT2D eigenvalue weighted by atomic mass is 10.2. The Bertz CT molecular complexity index is 918. The van der Waals surface area contributed by atoms with Gasteiger partial charge in [0.15, 0.2) is 0 Å². The lowest BCUT2D eigenvalue weighted by molar-refractivity contribution is 0.0514. The molecule has 0 spiro atoms. The summed E-state index contributed by atoms with van der Waals surface area (Å²) in [4.78, 5) is 24.3. The Balaban J connectivity index is 1.72. The molecule has 3 heterocycles. The Labute approximate surface area is 155 Å². The van der Waals surface area contributed by atoms with E-state index in [0.29, 0.717) is 17.1 Å². The van der Waals surface area contributed by atoms with Crippen molar-refractivity contribution in [2.45, 2.75) is 26.4 Å². The van der Waals surface area contributed by atoms with E-state index in [1.165, 1.54) is 0 Å². The molecular formula is C17H17ClN6O2. The van der Waals surface area contributed by atoms with Gasteiger partial charge in [0.2, 0.25) is 5.28 Å². The molecule has 134 valence electrons. The molecule has 0 aliphatic rings. The molecule has 3 aromatic rings. The first kappa shape index (κ1) is 17.8. The van der Waals surface area contributed by atoms with E-state index in [0.717, 1.165) is 10.4 Å². The van der Waals surface area contributed by atoms with Gasteiger partial charge < -0.3 is 10.1 Å². The summed E-state index contributed by atoms with van der Waals surface area (Å²) in [5.41, 5.74) is 1.53. The number of nitrogens with one attached hydrogen (secondary N) is 1. The number of aromatic nitrogens is 5. The van der Waals surface area contributed by atoms with Gasteiger partial charge in [0, 0.05) is 18.0 Å². The number of nitrogens with zero attached hydrogens (tertiary/aromatic N) is 5. The number of pyridine rings is 1. The van der Waals surface area contributed by atoms with Crippen molar-refractivity contribution in [1.29, 1.82) is 0 Å². The highest BCUT2D eigenvalue weighted by Crippen LogP contribution is 2.20. The molecule has 0 unspecified atom stereocenters. The predicted octanol–water partition coefficient (Wildman–Crippen LogP) is 3.92.